The summed E-state index contributed by atoms with van der Waals surface area (Å²) in [5.41, 5.74) is 1.10. The molecule has 0 fully saturated rings. The second-order valence-corrected chi connectivity index (χ2v) is 5.00. The molecule has 1 N–H and O–H groups in total. The van der Waals surface area contributed by atoms with Crippen molar-refractivity contribution < 1.29 is 4.79 Å². The molecule has 0 aliphatic carbocycles. The summed E-state index contributed by atoms with van der Waals surface area (Å²) in [4.78, 5) is 13.0. The molecule has 0 saturated carbocycles. The van der Waals surface area contributed by atoms with Gasteiger partial charge in [-0.2, -0.15) is 0 Å². The molecule has 18 heavy (non-hydrogen) atoms. The fourth-order valence-electron chi connectivity index (χ4n) is 1.72. The van der Waals surface area contributed by atoms with Crippen LogP contribution in [0.1, 0.15) is 31.4 Å². The van der Waals surface area contributed by atoms with Crippen LogP contribution in [0.2, 0.25) is 5.02 Å². The third-order valence-electron chi connectivity index (χ3n) is 2.89. The Kier molecular flexibility index (Phi) is 6.16. The molecule has 0 bridgehead atoms. The quantitative estimate of drug-likeness (QED) is 0.805. The van der Waals surface area contributed by atoms with E-state index in [-0.39, 0.29) is 11.9 Å². The van der Waals surface area contributed by atoms with E-state index < -0.39 is 0 Å². The van der Waals surface area contributed by atoms with Crippen LogP contribution in [0.3, 0.4) is 0 Å². The Morgan fingerprint density at radius 2 is 2.06 bits per heavy atom. The number of hydrogen-bond donors (Lipinski definition) is 1. The molecular formula is C14H21ClN2O. The van der Waals surface area contributed by atoms with Gasteiger partial charge in [0.2, 0.25) is 5.91 Å². The minimum Gasteiger partial charge on any atom is -0.349 e. The zero-order chi connectivity index (χ0) is 13.5. The number of amides is 1. The van der Waals surface area contributed by atoms with E-state index in [0.717, 1.165) is 23.6 Å². The van der Waals surface area contributed by atoms with E-state index in [1.165, 1.54) is 0 Å². The summed E-state index contributed by atoms with van der Waals surface area (Å²) in [7, 11) is 3.56. The summed E-state index contributed by atoms with van der Waals surface area (Å²) in [5.74, 6) is 0.169. The van der Waals surface area contributed by atoms with Crippen molar-refractivity contribution in [1.29, 1.82) is 0 Å². The molecule has 1 aromatic rings. The topological polar surface area (TPSA) is 32.3 Å². The molecule has 3 nitrogen and oxygen atoms in total. The summed E-state index contributed by atoms with van der Waals surface area (Å²) in [6.07, 6.45) is 1.42. The Labute approximate surface area is 114 Å². The first-order valence-electron chi connectivity index (χ1n) is 6.20. The van der Waals surface area contributed by atoms with E-state index in [2.05, 4.69) is 12.2 Å². The molecule has 1 aromatic carbocycles. The van der Waals surface area contributed by atoms with Gasteiger partial charge in [-0.25, -0.2) is 0 Å². The number of benzene rings is 1. The van der Waals surface area contributed by atoms with Crippen LogP contribution in [0, 0.1) is 0 Å². The molecule has 0 unspecified atom stereocenters. The molecule has 0 aliphatic rings. The highest BCUT2D eigenvalue weighted by Gasteiger charge is 2.08. The molecule has 0 heterocycles. The van der Waals surface area contributed by atoms with E-state index in [1.807, 2.05) is 24.3 Å². The van der Waals surface area contributed by atoms with Crippen molar-refractivity contribution in [3.8, 4) is 0 Å². The van der Waals surface area contributed by atoms with Crippen molar-refractivity contribution in [1.82, 2.24) is 10.2 Å². The molecule has 4 heteroatoms. The van der Waals surface area contributed by atoms with Crippen LogP contribution >= 0.6 is 11.6 Å². The van der Waals surface area contributed by atoms with Crippen LogP contribution in [0.15, 0.2) is 24.3 Å². The Bertz CT molecular complexity index is 393. The van der Waals surface area contributed by atoms with Crippen molar-refractivity contribution in [2.24, 2.45) is 0 Å². The normalized spacial score (nSPS) is 12.2. The second kappa shape index (κ2) is 7.39. The molecule has 100 valence electrons. The van der Waals surface area contributed by atoms with Gasteiger partial charge in [0.05, 0.1) is 0 Å². The molecule has 1 atom stereocenters. The van der Waals surface area contributed by atoms with Crippen LogP contribution in [-0.2, 0) is 4.79 Å². The first-order chi connectivity index (χ1) is 8.52. The molecule has 0 spiro atoms. The minimum atomic E-state index is 0.169. The predicted octanol–water partition coefficient (Wildman–Crippen LogP) is 2.86. The zero-order valence-corrected chi connectivity index (χ0v) is 12.0. The molecule has 1 rings (SSSR count). The molecule has 0 saturated heterocycles. The highest BCUT2D eigenvalue weighted by molar-refractivity contribution is 6.31. The van der Waals surface area contributed by atoms with Gasteiger partial charge in [-0.05, 0) is 31.5 Å². The summed E-state index contributed by atoms with van der Waals surface area (Å²) >= 11 is 6.12. The number of hydrogen-bond acceptors (Lipinski definition) is 2. The fourth-order valence-corrected chi connectivity index (χ4v) is 2.02. The first-order valence-corrected chi connectivity index (χ1v) is 6.58. The van der Waals surface area contributed by atoms with Gasteiger partial charge >= 0.3 is 0 Å². The highest BCUT2D eigenvalue weighted by atomic mass is 35.5. The van der Waals surface area contributed by atoms with Gasteiger partial charge in [-0.3, -0.25) is 4.79 Å². The van der Waals surface area contributed by atoms with Crippen molar-refractivity contribution in [3.05, 3.63) is 34.9 Å². The summed E-state index contributed by atoms with van der Waals surface area (Å²) in [6, 6.07) is 8.02. The van der Waals surface area contributed by atoms with Gasteiger partial charge in [0, 0.05) is 31.6 Å². The van der Waals surface area contributed by atoms with E-state index in [0.29, 0.717) is 6.42 Å². The Hall–Kier alpha value is -1.06. The van der Waals surface area contributed by atoms with E-state index in [9.17, 15) is 4.79 Å². The molecule has 0 aromatic heterocycles. The summed E-state index contributed by atoms with van der Waals surface area (Å²) in [5, 5.41) is 4.16. The van der Waals surface area contributed by atoms with Crippen molar-refractivity contribution in [2.45, 2.75) is 25.8 Å². The zero-order valence-electron chi connectivity index (χ0n) is 11.2. The third kappa shape index (κ3) is 4.67. The second-order valence-electron chi connectivity index (χ2n) is 4.59. The van der Waals surface area contributed by atoms with Crippen molar-refractivity contribution in [2.75, 3.05) is 20.6 Å². The number of halogens is 1. The average Bonchev–Trinajstić information content (AvgIpc) is 2.34. The van der Waals surface area contributed by atoms with Gasteiger partial charge < -0.3 is 10.2 Å². The lowest BCUT2D eigenvalue weighted by molar-refractivity contribution is -0.128. The van der Waals surface area contributed by atoms with Gasteiger partial charge in [0.15, 0.2) is 0 Å². The van der Waals surface area contributed by atoms with E-state index >= 15 is 0 Å². The van der Waals surface area contributed by atoms with Crippen LogP contribution in [0.25, 0.3) is 0 Å². The molecular weight excluding hydrogens is 248 g/mol. The Morgan fingerprint density at radius 1 is 1.39 bits per heavy atom. The number of nitrogens with zero attached hydrogens (tertiary/aromatic N) is 1. The van der Waals surface area contributed by atoms with E-state index in [1.54, 1.807) is 19.0 Å². The molecule has 0 radical (unpaired) electrons. The minimum absolute atomic E-state index is 0.169. The monoisotopic (exact) mass is 268 g/mol. The van der Waals surface area contributed by atoms with Crippen molar-refractivity contribution in [3.63, 3.8) is 0 Å². The van der Waals surface area contributed by atoms with Crippen LogP contribution in [-0.4, -0.2) is 31.4 Å². The van der Waals surface area contributed by atoms with Gasteiger partial charge in [0.25, 0.3) is 0 Å². The molecule has 1 amide bonds. The van der Waals surface area contributed by atoms with Crippen LogP contribution in [0.4, 0.5) is 0 Å². The van der Waals surface area contributed by atoms with Gasteiger partial charge in [-0.1, -0.05) is 29.8 Å². The maximum absolute atomic E-state index is 11.4. The Morgan fingerprint density at radius 3 is 2.67 bits per heavy atom. The van der Waals surface area contributed by atoms with Crippen LogP contribution in [0.5, 0.6) is 0 Å². The third-order valence-corrected chi connectivity index (χ3v) is 3.23. The summed E-state index contributed by atoms with van der Waals surface area (Å²) < 4.78 is 0. The fraction of sp³-hybridized carbons (Fsp3) is 0.500. The maximum Gasteiger partial charge on any atom is 0.222 e. The number of carbonyl (C=O) groups is 1. The van der Waals surface area contributed by atoms with Crippen molar-refractivity contribution >= 4 is 17.5 Å². The van der Waals surface area contributed by atoms with Gasteiger partial charge in [-0.15, -0.1) is 0 Å². The smallest absolute Gasteiger partial charge is 0.222 e. The standard InChI is InChI=1S/C14H21ClN2O/c1-11(12-7-4-5-8-13(12)15)16-10-6-9-14(18)17(2)3/h4-5,7-8,11,16H,6,9-10H2,1-3H3/t11-/m1/s1. The average molecular weight is 269 g/mol. The lowest BCUT2D eigenvalue weighted by Crippen LogP contribution is -2.24. The van der Waals surface area contributed by atoms with Gasteiger partial charge in [0.1, 0.15) is 0 Å². The largest absolute Gasteiger partial charge is 0.349 e. The SMILES string of the molecule is C[C@@H](NCCCC(=O)N(C)C)c1ccccc1Cl. The first kappa shape index (κ1) is 15.0. The highest BCUT2D eigenvalue weighted by Crippen LogP contribution is 2.21. The molecule has 0 aliphatic heterocycles. The maximum atomic E-state index is 11.4. The Balaban J connectivity index is 2.32. The lowest BCUT2D eigenvalue weighted by atomic mass is 10.1. The van der Waals surface area contributed by atoms with E-state index in [4.69, 9.17) is 11.6 Å². The number of rotatable bonds is 6. The van der Waals surface area contributed by atoms with Crippen LogP contribution < -0.4 is 5.32 Å². The predicted molar refractivity (Wildman–Crippen MR) is 75.8 cm³/mol. The number of nitrogens with one attached hydrogen (secondary N) is 1. The number of carbonyl (C=O) groups excluding carboxylic acids is 1. The summed E-state index contributed by atoms with van der Waals surface area (Å²) in [6.45, 7) is 2.89. The lowest BCUT2D eigenvalue weighted by Gasteiger charge is -2.16.